The van der Waals surface area contributed by atoms with E-state index in [0.717, 1.165) is 0 Å². The van der Waals surface area contributed by atoms with E-state index in [4.69, 9.17) is 17.3 Å². The van der Waals surface area contributed by atoms with Gasteiger partial charge in [-0.15, -0.1) is 0 Å². The number of anilines is 2. The van der Waals surface area contributed by atoms with Crippen molar-refractivity contribution in [2.75, 3.05) is 11.1 Å². The van der Waals surface area contributed by atoms with Gasteiger partial charge in [-0.25, -0.2) is 9.97 Å². The Labute approximate surface area is 160 Å². The number of aromatic nitrogens is 4. The largest absolute Gasteiger partial charge is 0.368 e. The van der Waals surface area contributed by atoms with Gasteiger partial charge in [0.25, 0.3) is 5.56 Å². The molecule has 0 aliphatic rings. The highest BCUT2D eigenvalue weighted by Gasteiger charge is 2.21. The number of nitrogens with two attached hydrogens (primary N) is 1. The lowest BCUT2D eigenvalue weighted by atomic mass is 10.2. The molecule has 0 fully saturated rings. The van der Waals surface area contributed by atoms with Gasteiger partial charge in [0.05, 0.1) is 28.2 Å². The Kier molecular flexibility index (Phi) is 4.97. The predicted molar refractivity (Wildman–Crippen MR) is 105 cm³/mol. The molecule has 0 radical (unpaired) electrons. The molecule has 1 atom stereocenters. The summed E-state index contributed by atoms with van der Waals surface area (Å²) in [6, 6.07) is 6.61. The Bertz CT molecular complexity index is 1120. The molecular formula is C18H18ClN7O. The molecule has 2 aromatic heterocycles. The van der Waals surface area contributed by atoms with Crippen molar-refractivity contribution in [1.82, 2.24) is 19.5 Å². The van der Waals surface area contributed by atoms with Gasteiger partial charge < -0.3 is 11.1 Å². The molecule has 0 aliphatic carbocycles. The molecule has 2 heterocycles. The van der Waals surface area contributed by atoms with Crippen LogP contribution in [0, 0.1) is 11.3 Å². The van der Waals surface area contributed by atoms with E-state index in [1.807, 2.05) is 26.8 Å². The van der Waals surface area contributed by atoms with Crippen molar-refractivity contribution in [2.24, 2.45) is 0 Å². The Balaban J connectivity index is 2.16. The van der Waals surface area contributed by atoms with E-state index >= 15 is 0 Å². The molecule has 0 saturated carbocycles. The van der Waals surface area contributed by atoms with Crippen molar-refractivity contribution in [3.63, 3.8) is 0 Å². The van der Waals surface area contributed by atoms with Gasteiger partial charge in [0, 0.05) is 6.04 Å². The summed E-state index contributed by atoms with van der Waals surface area (Å²) in [6.07, 6.45) is 1.35. The van der Waals surface area contributed by atoms with E-state index in [1.54, 1.807) is 22.8 Å². The number of hydrogen-bond donors (Lipinski definition) is 2. The molecule has 8 nitrogen and oxygen atoms in total. The first-order valence-electron chi connectivity index (χ1n) is 8.33. The number of nitriles is 1. The van der Waals surface area contributed by atoms with Crippen molar-refractivity contribution < 1.29 is 0 Å². The van der Waals surface area contributed by atoms with Gasteiger partial charge in [-0.05, 0) is 32.9 Å². The summed E-state index contributed by atoms with van der Waals surface area (Å²) in [6.45, 7) is 5.62. The normalized spacial score (nSPS) is 12.1. The Morgan fingerprint density at radius 1 is 1.30 bits per heavy atom. The number of nitrogens with zero attached hydrogens (tertiary/aromatic N) is 5. The SMILES string of the molecule is CC(Nc1nc(N)ncc1C#N)c1nc2cccc(Cl)c2c(=O)n1C(C)C. The van der Waals surface area contributed by atoms with Crippen LogP contribution in [-0.4, -0.2) is 19.5 Å². The van der Waals surface area contributed by atoms with Crippen LogP contribution in [-0.2, 0) is 0 Å². The topological polar surface area (TPSA) is 123 Å². The van der Waals surface area contributed by atoms with Gasteiger partial charge in [-0.2, -0.15) is 10.2 Å². The zero-order valence-electron chi connectivity index (χ0n) is 15.1. The standard InChI is InChI=1S/C18H18ClN7O/c1-9(2)26-16(24-13-6-4-5-12(19)14(13)17(26)27)10(3)23-15-11(7-20)8-22-18(21)25-15/h4-6,8-10H,1-3H3,(H3,21,22,23,25). The van der Waals surface area contributed by atoms with Gasteiger partial charge in [0.15, 0.2) is 0 Å². The van der Waals surface area contributed by atoms with E-state index in [2.05, 4.69) is 20.3 Å². The molecule has 0 bridgehead atoms. The molecule has 0 amide bonds. The molecule has 3 N–H and O–H groups in total. The molecule has 0 spiro atoms. The minimum atomic E-state index is -0.426. The van der Waals surface area contributed by atoms with E-state index in [9.17, 15) is 10.1 Å². The highest BCUT2D eigenvalue weighted by molar-refractivity contribution is 6.35. The first-order chi connectivity index (χ1) is 12.8. The van der Waals surface area contributed by atoms with Crippen LogP contribution in [0.3, 0.4) is 0 Å². The average molecular weight is 384 g/mol. The maximum absolute atomic E-state index is 13.1. The quantitative estimate of drug-likeness (QED) is 0.709. The predicted octanol–water partition coefficient (Wildman–Crippen LogP) is 3.05. The summed E-state index contributed by atoms with van der Waals surface area (Å²) >= 11 is 6.22. The fourth-order valence-corrected chi connectivity index (χ4v) is 3.13. The minimum Gasteiger partial charge on any atom is -0.368 e. The Morgan fingerprint density at radius 2 is 2.04 bits per heavy atom. The molecule has 1 aromatic carbocycles. The zero-order valence-corrected chi connectivity index (χ0v) is 15.8. The molecule has 0 saturated heterocycles. The highest BCUT2D eigenvalue weighted by Crippen LogP contribution is 2.25. The van der Waals surface area contributed by atoms with E-state index < -0.39 is 6.04 Å². The van der Waals surface area contributed by atoms with E-state index in [-0.39, 0.29) is 28.9 Å². The van der Waals surface area contributed by atoms with Crippen LogP contribution in [0.4, 0.5) is 11.8 Å². The smallest absolute Gasteiger partial charge is 0.263 e. The van der Waals surface area contributed by atoms with Crippen molar-refractivity contribution in [3.05, 3.63) is 51.2 Å². The highest BCUT2D eigenvalue weighted by atomic mass is 35.5. The number of rotatable bonds is 4. The molecule has 27 heavy (non-hydrogen) atoms. The fourth-order valence-electron chi connectivity index (χ4n) is 2.88. The van der Waals surface area contributed by atoms with Crippen LogP contribution < -0.4 is 16.6 Å². The molecule has 1 unspecified atom stereocenters. The number of fused-ring (bicyclic) bond motifs is 1. The van der Waals surface area contributed by atoms with Crippen LogP contribution in [0.2, 0.25) is 5.02 Å². The molecular weight excluding hydrogens is 366 g/mol. The lowest BCUT2D eigenvalue weighted by Gasteiger charge is -2.22. The summed E-state index contributed by atoms with van der Waals surface area (Å²) in [7, 11) is 0. The van der Waals surface area contributed by atoms with Gasteiger partial charge in [-0.1, -0.05) is 17.7 Å². The van der Waals surface area contributed by atoms with Crippen LogP contribution >= 0.6 is 11.6 Å². The number of nitrogens with one attached hydrogen (secondary N) is 1. The minimum absolute atomic E-state index is 0.0446. The lowest BCUT2D eigenvalue weighted by Crippen LogP contribution is -2.30. The van der Waals surface area contributed by atoms with Gasteiger partial charge in [-0.3, -0.25) is 9.36 Å². The molecule has 3 rings (SSSR count). The second kappa shape index (κ2) is 7.21. The second-order valence-electron chi connectivity index (χ2n) is 6.34. The van der Waals surface area contributed by atoms with Crippen molar-refractivity contribution in [2.45, 2.75) is 32.9 Å². The number of halogens is 1. The number of nitrogen functional groups attached to an aromatic ring is 1. The monoisotopic (exact) mass is 383 g/mol. The van der Waals surface area contributed by atoms with E-state index in [1.165, 1.54) is 6.20 Å². The summed E-state index contributed by atoms with van der Waals surface area (Å²) in [5.74, 6) is 0.835. The fraction of sp³-hybridized carbons (Fsp3) is 0.278. The third-order valence-electron chi connectivity index (χ3n) is 4.09. The first-order valence-corrected chi connectivity index (χ1v) is 8.71. The summed E-state index contributed by atoms with van der Waals surface area (Å²) < 4.78 is 1.59. The summed E-state index contributed by atoms with van der Waals surface area (Å²) in [5.41, 5.74) is 6.18. The Morgan fingerprint density at radius 3 is 2.70 bits per heavy atom. The van der Waals surface area contributed by atoms with Crippen molar-refractivity contribution in [3.8, 4) is 6.07 Å². The lowest BCUT2D eigenvalue weighted by molar-refractivity contribution is 0.525. The van der Waals surface area contributed by atoms with Crippen LogP contribution in [0.25, 0.3) is 10.9 Å². The number of benzene rings is 1. The Hall–Kier alpha value is -3.18. The first kappa shape index (κ1) is 18.6. The van der Waals surface area contributed by atoms with Gasteiger partial charge in [0.1, 0.15) is 23.3 Å². The van der Waals surface area contributed by atoms with Crippen LogP contribution in [0.15, 0.2) is 29.2 Å². The molecule has 138 valence electrons. The maximum atomic E-state index is 13.1. The molecule has 3 aromatic rings. The summed E-state index contributed by atoms with van der Waals surface area (Å²) in [5, 5.41) is 13.1. The number of hydrogen-bond acceptors (Lipinski definition) is 7. The van der Waals surface area contributed by atoms with Crippen molar-refractivity contribution >= 4 is 34.3 Å². The second-order valence-corrected chi connectivity index (χ2v) is 6.75. The van der Waals surface area contributed by atoms with Crippen LogP contribution in [0.5, 0.6) is 0 Å². The average Bonchev–Trinajstić information content (AvgIpc) is 2.61. The third kappa shape index (κ3) is 3.41. The van der Waals surface area contributed by atoms with E-state index in [0.29, 0.717) is 21.7 Å². The summed E-state index contributed by atoms with van der Waals surface area (Å²) in [4.78, 5) is 25.6. The maximum Gasteiger partial charge on any atom is 0.263 e. The van der Waals surface area contributed by atoms with Crippen molar-refractivity contribution in [1.29, 1.82) is 5.26 Å². The third-order valence-corrected chi connectivity index (χ3v) is 4.41. The molecule has 0 aliphatic heterocycles. The zero-order chi connectivity index (χ0) is 19.7. The van der Waals surface area contributed by atoms with Gasteiger partial charge in [0.2, 0.25) is 5.95 Å². The van der Waals surface area contributed by atoms with Gasteiger partial charge >= 0.3 is 0 Å². The molecule has 9 heteroatoms. The van der Waals surface area contributed by atoms with Crippen LogP contribution in [0.1, 0.15) is 44.2 Å².